The standard InChI is InChI=1S/C30H28N6O5S/c31-42(40,41)24-12-7-21(8-13-24)32-22-9-14-26-25(19-22)33-30(39)36(26)23-10-5-20(6-11-23)29(38)35-17-15-34(16-18-35)27-3-1-2-4-28(27)37/h1-14,19,32,37H,15-18H2,(H,33,39)(H2,31,40,41). The number of carbonyl (C=O) groups excluding carboxylic acids is 1. The Bertz CT molecular complexity index is 1940. The number of benzene rings is 4. The van der Waals surface area contributed by atoms with Crippen molar-refractivity contribution in [2.45, 2.75) is 4.90 Å². The number of nitrogens with one attached hydrogen (secondary N) is 2. The Hall–Kier alpha value is -5.07. The number of anilines is 3. The molecule has 4 aromatic carbocycles. The Morgan fingerprint density at radius 1 is 0.857 bits per heavy atom. The van der Waals surface area contributed by atoms with Crippen molar-refractivity contribution in [2.24, 2.45) is 5.14 Å². The number of para-hydroxylation sites is 2. The summed E-state index contributed by atoms with van der Waals surface area (Å²) >= 11 is 0. The highest BCUT2D eigenvalue weighted by molar-refractivity contribution is 7.89. The second-order valence-electron chi connectivity index (χ2n) is 10.0. The Balaban J connectivity index is 1.16. The minimum atomic E-state index is -3.78. The van der Waals surface area contributed by atoms with Gasteiger partial charge in [0.25, 0.3) is 5.91 Å². The molecule has 1 aliphatic heterocycles. The van der Waals surface area contributed by atoms with Crippen LogP contribution in [0, 0.1) is 0 Å². The zero-order valence-corrected chi connectivity index (χ0v) is 23.2. The molecule has 6 rings (SSSR count). The maximum absolute atomic E-state index is 13.2. The minimum absolute atomic E-state index is 0.0180. The van der Waals surface area contributed by atoms with Crippen LogP contribution in [-0.4, -0.2) is 60.1 Å². The topological polar surface area (TPSA) is 154 Å². The van der Waals surface area contributed by atoms with Crippen molar-refractivity contribution < 1.29 is 18.3 Å². The number of nitrogens with two attached hydrogens (primary N) is 1. The van der Waals surface area contributed by atoms with E-state index in [4.69, 9.17) is 5.14 Å². The van der Waals surface area contributed by atoms with Crippen LogP contribution in [0.2, 0.25) is 0 Å². The van der Waals surface area contributed by atoms with E-state index in [1.54, 1.807) is 70.1 Å². The molecule has 11 nitrogen and oxygen atoms in total. The van der Waals surface area contributed by atoms with Gasteiger partial charge in [-0.05, 0) is 78.9 Å². The van der Waals surface area contributed by atoms with E-state index < -0.39 is 10.0 Å². The van der Waals surface area contributed by atoms with Gasteiger partial charge >= 0.3 is 5.69 Å². The molecular formula is C30H28N6O5S. The van der Waals surface area contributed by atoms with Crippen LogP contribution in [0.15, 0.2) is 101 Å². The Morgan fingerprint density at radius 2 is 1.52 bits per heavy atom. The zero-order chi connectivity index (χ0) is 29.4. The molecule has 0 radical (unpaired) electrons. The molecular weight excluding hydrogens is 556 g/mol. The number of sulfonamides is 1. The summed E-state index contributed by atoms with van der Waals surface area (Å²) in [4.78, 5) is 32.8. The number of imidazole rings is 1. The highest BCUT2D eigenvalue weighted by Crippen LogP contribution is 2.28. The summed E-state index contributed by atoms with van der Waals surface area (Å²) in [6.07, 6.45) is 0. The molecule has 12 heteroatoms. The lowest BCUT2D eigenvalue weighted by molar-refractivity contribution is 0.0746. The molecule has 0 saturated carbocycles. The van der Waals surface area contributed by atoms with Crippen LogP contribution in [0.4, 0.5) is 17.1 Å². The number of hydrogen-bond donors (Lipinski definition) is 4. The van der Waals surface area contributed by atoms with E-state index in [0.717, 1.165) is 5.69 Å². The molecule has 1 amide bonds. The number of phenolic OH excluding ortho intramolecular Hbond substituents is 1. The van der Waals surface area contributed by atoms with Crippen LogP contribution in [-0.2, 0) is 10.0 Å². The number of hydrogen-bond acceptors (Lipinski definition) is 7. The van der Waals surface area contributed by atoms with E-state index in [-0.39, 0.29) is 22.2 Å². The van der Waals surface area contributed by atoms with Crippen LogP contribution < -0.4 is 21.0 Å². The van der Waals surface area contributed by atoms with Gasteiger partial charge in [-0.2, -0.15) is 0 Å². The summed E-state index contributed by atoms with van der Waals surface area (Å²) in [6.45, 7) is 2.29. The fourth-order valence-electron chi connectivity index (χ4n) is 5.16. The van der Waals surface area contributed by atoms with Crippen molar-refractivity contribution in [1.82, 2.24) is 14.5 Å². The number of phenols is 1. The lowest BCUT2D eigenvalue weighted by atomic mass is 10.1. The predicted molar refractivity (Wildman–Crippen MR) is 161 cm³/mol. The van der Waals surface area contributed by atoms with Crippen LogP contribution in [0.3, 0.4) is 0 Å². The summed E-state index contributed by atoms with van der Waals surface area (Å²) in [6, 6.07) is 25.6. The molecule has 1 saturated heterocycles. The second kappa shape index (κ2) is 10.7. The number of H-pyrrole nitrogens is 1. The van der Waals surface area contributed by atoms with Gasteiger partial charge in [0.1, 0.15) is 5.75 Å². The van der Waals surface area contributed by atoms with Gasteiger partial charge < -0.3 is 25.2 Å². The number of aromatic nitrogens is 2. The van der Waals surface area contributed by atoms with Gasteiger partial charge in [0.2, 0.25) is 10.0 Å². The Labute approximate surface area is 241 Å². The SMILES string of the molecule is NS(=O)(=O)c1ccc(Nc2ccc3c(c2)[nH]c(=O)n3-c2ccc(C(=O)N3CCN(c4ccccc4O)CC3)cc2)cc1. The minimum Gasteiger partial charge on any atom is -0.506 e. The monoisotopic (exact) mass is 584 g/mol. The van der Waals surface area contributed by atoms with E-state index in [2.05, 4.69) is 15.2 Å². The van der Waals surface area contributed by atoms with E-state index >= 15 is 0 Å². The van der Waals surface area contributed by atoms with E-state index in [9.17, 15) is 23.1 Å². The average Bonchev–Trinajstić information content (AvgIpc) is 3.32. The normalized spacial score (nSPS) is 13.8. The van der Waals surface area contributed by atoms with Gasteiger partial charge in [-0.1, -0.05) is 12.1 Å². The number of aromatic hydroxyl groups is 1. The van der Waals surface area contributed by atoms with Crippen molar-refractivity contribution in [3.05, 3.63) is 107 Å². The summed E-state index contributed by atoms with van der Waals surface area (Å²) in [5.41, 5.74) is 4.21. The molecule has 214 valence electrons. The number of fused-ring (bicyclic) bond motifs is 1. The number of primary sulfonamides is 1. The molecule has 0 unspecified atom stereocenters. The molecule has 0 bridgehead atoms. The molecule has 1 aliphatic rings. The first kappa shape index (κ1) is 27.1. The van der Waals surface area contributed by atoms with Crippen molar-refractivity contribution >= 4 is 44.0 Å². The van der Waals surface area contributed by atoms with Crippen molar-refractivity contribution in [2.75, 3.05) is 36.4 Å². The van der Waals surface area contributed by atoms with Gasteiger partial charge in [0.05, 0.1) is 27.3 Å². The molecule has 0 aliphatic carbocycles. The van der Waals surface area contributed by atoms with E-state index in [1.807, 2.05) is 18.2 Å². The number of piperazine rings is 1. The number of amides is 1. The van der Waals surface area contributed by atoms with Gasteiger partial charge in [0.15, 0.2) is 0 Å². The number of rotatable bonds is 6. The fraction of sp³-hybridized carbons (Fsp3) is 0.133. The second-order valence-corrected chi connectivity index (χ2v) is 11.6. The fourth-order valence-corrected chi connectivity index (χ4v) is 5.67. The van der Waals surface area contributed by atoms with Crippen LogP contribution in [0.25, 0.3) is 16.7 Å². The highest BCUT2D eigenvalue weighted by Gasteiger charge is 2.23. The van der Waals surface area contributed by atoms with Crippen LogP contribution in [0.1, 0.15) is 10.4 Å². The van der Waals surface area contributed by atoms with Gasteiger partial charge in [-0.3, -0.25) is 9.36 Å². The van der Waals surface area contributed by atoms with Crippen LogP contribution >= 0.6 is 0 Å². The molecule has 42 heavy (non-hydrogen) atoms. The number of carbonyl (C=O) groups is 1. The first-order chi connectivity index (χ1) is 20.2. The molecule has 0 atom stereocenters. The van der Waals surface area contributed by atoms with Crippen molar-refractivity contribution in [3.8, 4) is 11.4 Å². The maximum atomic E-state index is 13.2. The smallest absolute Gasteiger partial charge is 0.331 e. The third-order valence-electron chi connectivity index (χ3n) is 7.32. The van der Waals surface area contributed by atoms with Crippen molar-refractivity contribution in [1.29, 1.82) is 0 Å². The number of nitrogens with zero attached hydrogens (tertiary/aromatic N) is 3. The summed E-state index contributed by atoms with van der Waals surface area (Å²) < 4.78 is 24.5. The zero-order valence-electron chi connectivity index (χ0n) is 22.4. The Morgan fingerprint density at radius 3 is 2.19 bits per heavy atom. The maximum Gasteiger partial charge on any atom is 0.331 e. The largest absolute Gasteiger partial charge is 0.506 e. The van der Waals surface area contributed by atoms with Gasteiger partial charge in [-0.15, -0.1) is 0 Å². The number of aromatic amines is 1. The first-order valence-corrected chi connectivity index (χ1v) is 14.8. The summed E-state index contributed by atoms with van der Waals surface area (Å²) in [5.74, 6) is 0.141. The average molecular weight is 585 g/mol. The lowest BCUT2D eigenvalue weighted by Crippen LogP contribution is -2.48. The molecule has 1 aromatic heterocycles. The Kier molecular flexibility index (Phi) is 6.93. The van der Waals surface area contributed by atoms with E-state index in [1.165, 1.54) is 12.1 Å². The summed E-state index contributed by atoms with van der Waals surface area (Å²) in [5, 5.41) is 18.5. The highest BCUT2D eigenvalue weighted by atomic mass is 32.2. The first-order valence-electron chi connectivity index (χ1n) is 13.2. The molecule has 0 spiro atoms. The van der Waals surface area contributed by atoms with Crippen LogP contribution in [0.5, 0.6) is 5.75 Å². The third-order valence-corrected chi connectivity index (χ3v) is 8.24. The van der Waals surface area contributed by atoms with E-state index in [0.29, 0.717) is 59.8 Å². The van der Waals surface area contributed by atoms with Gasteiger partial charge in [0, 0.05) is 43.1 Å². The molecule has 1 fully saturated rings. The predicted octanol–water partition coefficient (Wildman–Crippen LogP) is 3.38. The third kappa shape index (κ3) is 5.32. The molecule has 5 N–H and O–H groups in total. The quantitative estimate of drug-likeness (QED) is 0.239. The molecule has 2 heterocycles. The lowest BCUT2D eigenvalue weighted by Gasteiger charge is -2.36. The summed E-state index contributed by atoms with van der Waals surface area (Å²) in [7, 11) is -3.78. The molecule has 5 aromatic rings. The van der Waals surface area contributed by atoms with Gasteiger partial charge in [-0.25, -0.2) is 18.4 Å². The van der Waals surface area contributed by atoms with Crippen molar-refractivity contribution in [3.63, 3.8) is 0 Å².